The van der Waals surface area contributed by atoms with Crippen LogP contribution in [0.5, 0.6) is 11.5 Å². The highest BCUT2D eigenvalue weighted by Gasteiger charge is 2.21. The Balaban J connectivity index is 1.51. The molecule has 2 aromatic rings. The van der Waals surface area contributed by atoms with Crippen molar-refractivity contribution in [3.8, 4) is 11.5 Å². The minimum atomic E-state index is -0.742. The number of nitrogens with two attached hydrogens (primary N) is 1. The van der Waals surface area contributed by atoms with E-state index in [4.69, 9.17) is 15.2 Å². The zero-order valence-electron chi connectivity index (χ0n) is 13.5. The third-order valence-corrected chi connectivity index (χ3v) is 3.81. The van der Waals surface area contributed by atoms with Crippen LogP contribution in [0.25, 0.3) is 0 Å². The van der Waals surface area contributed by atoms with E-state index in [2.05, 4.69) is 10.3 Å². The smallest absolute Gasteiger partial charge is 0.189 e. The van der Waals surface area contributed by atoms with Gasteiger partial charge < -0.3 is 20.5 Å². The van der Waals surface area contributed by atoms with Crippen LogP contribution in [0, 0.1) is 11.6 Å². The lowest BCUT2D eigenvalue weighted by Crippen LogP contribution is -2.37. The second-order valence-electron chi connectivity index (χ2n) is 5.56. The van der Waals surface area contributed by atoms with Crippen molar-refractivity contribution in [1.82, 2.24) is 5.32 Å². The molecule has 132 valence electrons. The number of benzene rings is 2. The first-order chi connectivity index (χ1) is 12.1. The molecule has 0 fully saturated rings. The molecule has 1 heterocycles. The number of fused-ring (bicyclic) bond motifs is 1. The maximum atomic E-state index is 13.4. The summed E-state index contributed by atoms with van der Waals surface area (Å²) in [4.78, 5) is 4.17. The van der Waals surface area contributed by atoms with Crippen LogP contribution in [0.1, 0.15) is 18.0 Å². The van der Waals surface area contributed by atoms with Crippen molar-refractivity contribution in [3.05, 3.63) is 59.7 Å². The lowest BCUT2D eigenvalue weighted by Gasteiger charge is -2.26. The zero-order valence-corrected chi connectivity index (χ0v) is 13.5. The standard InChI is InChI=1S/C18H19F2N3O2/c19-12-5-6-17(14(20)11-12)25-10-8-22-18(21)23-15-7-9-24-16-4-2-1-3-13(15)16/h1-6,11,15H,7-10H2,(H3,21,22,23). The van der Waals surface area contributed by atoms with E-state index in [0.717, 1.165) is 29.9 Å². The predicted octanol–water partition coefficient (Wildman–Crippen LogP) is 2.77. The number of ether oxygens (including phenoxy) is 2. The van der Waals surface area contributed by atoms with Crippen LogP contribution in [-0.4, -0.2) is 25.7 Å². The minimum Gasteiger partial charge on any atom is -0.493 e. The summed E-state index contributed by atoms with van der Waals surface area (Å²) >= 11 is 0. The molecular weight excluding hydrogens is 328 g/mol. The highest BCUT2D eigenvalue weighted by atomic mass is 19.1. The molecule has 7 heteroatoms. The van der Waals surface area contributed by atoms with Gasteiger partial charge in [-0.15, -0.1) is 0 Å². The van der Waals surface area contributed by atoms with Gasteiger partial charge in [0, 0.05) is 18.1 Å². The van der Waals surface area contributed by atoms with Gasteiger partial charge in [0.2, 0.25) is 0 Å². The van der Waals surface area contributed by atoms with Gasteiger partial charge in [-0.05, 0) is 18.2 Å². The normalized spacial score (nSPS) is 16.7. The molecule has 0 radical (unpaired) electrons. The number of rotatable bonds is 5. The van der Waals surface area contributed by atoms with Gasteiger partial charge in [0.15, 0.2) is 17.5 Å². The summed E-state index contributed by atoms with van der Waals surface area (Å²) in [7, 11) is 0. The molecule has 0 amide bonds. The molecule has 1 aliphatic heterocycles. The topological polar surface area (TPSA) is 68.9 Å². The van der Waals surface area contributed by atoms with Gasteiger partial charge in [0.25, 0.3) is 0 Å². The molecule has 0 bridgehead atoms. The number of nitrogens with zero attached hydrogens (tertiary/aromatic N) is 1. The number of guanidine groups is 1. The van der Waals surface area contributed by atoms with Gasteiger partial charge in [0.05, 0.1) is 19.2 Å². The lowest BCUT2D eigenvalue weighted by molar-refractivity contribution is 0.262. The fourth-order valence-corrected chi connectivity index (χ4v) is 2.63. The van der Waals surface area contributed by atoms with Crippen LogP contribution < -0.4 is 20.5 Å². The highest BCUT2D eigenvalue weighted by Crippen LogP contribution is 2.31. The zero-order chi connectivity index (χ0) is 17.6. The van der Waals surface area contributed by atoms with E-state index >= 15 is 0 Å². The van der Waals surface area contributed by atoms with Crippen molar-refractivity contribution >= 4 is 5.96 Å². The fraction of sp³-hybridized carbons (Fsp3) is 0.278. The van der Waals surface area contributed by atoms with Gasteiger partial charge in [-0.2, -0.15) is 0 Å². The molecule has 3 rings (SSSR count). The van der Waals surface area contributed by atoms with Crippen molar-refractivity contribution in [3.63, 3.8) is 0 Å². The second-order valence-corrected chi connectivity index (χ2v) is 5.56. The van der Waals surface area contributed by atoms with Gasteiger partial charge >= 0.3 is 0 Å². The van der Waals surface area contributed by atoms with Crippen LogP contribution in [0.3, 0.4) is 0 Å². The lowest BCUT2D eigenvalue weighted by atomic mass is 10.0. The Morgan fingerprint density at radius 1 is 1.28 bits per heavy atom. The summed E-state index contributed by atoms with van der Waals surface area (Å²) in [5, 5.41) is 3.16. The Morgan fingerprint density at radius 2 is 2.12 bits per heavy atom. The summed E-state index contributed by atoms with van der Waals surface area (Å²) in [5.74, 6) is -0.275. The Morgan fingerprint density at radius 3 is 2.96 bits per heavy atom. The SMILES string of the molecule is NC(=NCCOc1ccc(F)cc1F)NC1CCOc2ccccc21. The molecule has 0 aliphatic carbocycles. The number of hydrogen-bond donors (Lipinski definition) is 2. The summed E-state index contributed by atoms with van der Waals surface area (Å²) in [6, 6.07) is 11.0. The average molecular weight is 347 g/mol. The first-order valence-electron chi connectivity index (χ1n) is 7.99. The van der Waals surface area contributed by atoms with E-state index in [-0.39, 0.29) is 30.9 Å². The molecule has 1 aliphatic rings. The molecule has 0 aromatic heterocycles. The Hall–Kier alpha value is -2.83. The largest absolute Gasteiger partial charge is 0.493 e. The molecule has 2 aromatic carbocycles. The summed E-state index contributed by atoms with van der Waals surface area (Å²) < 4.78 is 37.1. The Labute approximate surface area is 144 Å². The van der Waals surface area contributed by atoms with E-state index in [1.165, 1.54) is 6.07 Å². The minimum absolute atomic E-state index is 0.0125. The van der Waals surface area contributed by atoms with Crippen molar-refractivity contribution in [2.75, 3.05) is 19.8 Å². The first-order valence-corrected chi connectivity index (χ1v) is 7.99. The average Bonchev–Trinajstić information content (AvgIpc) is 2.60. The van der Waals surface area contributed by atoms with Gasteiger partial charge in [-0.3, -0.25) is 0 Å². The number of nitrogens with one attached hydrogen (secondary N) is 1. The Bertz CT molecular complexity index is 768. The molecule has 0 spiro atoms. The van der Waals surface area contributed by atoms with Gasteiger partial charge in [-0.25, -0.2) is 13.8 Å². The van der Waals surface area contributed by atoms with E-state index < -0.39 is 11.6 Å². The van der Waals surface area contributed by atoms with Crippen LogP contribution in [-0.2, 0) is 0 Å². The van der Waals surface area contributed by atoms with Gasteiger partial charge in [0.1, 0.15) is 18.2 Å². The van der Waals surface area contributed by atoms with Gasteiger partial charge in [-0.1, -0.05) is 18.2 Å². The molecule has 5 nitrogen and oxygen atoms in total. The summed E-state index contributed by atoms with van der Waals surface area (Å²) in [6.45, 7) is 0.991. The third-order valence-electron chi connectivity index (χ3n) is 3.81. The quantitative estimate of drug-likeness (QED) is 0.496. The van der Waals surface area contributed by atoms with Crippen molar-refractivity contribution < 1.29 is 18.3 Å². The molecular formula is C18H19F2N3O2. The third kappa shape index (κ3) is 4.37. The number of hydrogen-bond acceptors (Lipinski definition) is 3. The summed E-state index contributed by atoms with van der Waals surface area (Å²) in [5.41, 5.74) is 6.95. The second kappa shape index (κ2) is 7.83. The number of para-hydroxylation sites is 1. The van der Waals surface area contributed by atoms with E-state index in [1.54, 1.807) is 0 Å². The van der Waals surface area contributed by atoms with Crippen LogP contribution >= 0.6 is 0 Å². The maximum absolute atomic E-state index is 13.4. The molecule has 1 atom stereocenters. The molecule has 3 N–H and O–H groups in total. The fourth-order valence-electron chi connectivity index (χ4n) is 2.63. The molecule has 1 unspecified atom stereocenters. The maximum Gasteiger partial charge on any atom is 0.189 e. The molecule has 0 saturated carbocycles. The van der Waals surface area contributed by atoms with Crippen molar-refractivity contribution in [2.45, 2.75) is 12.5 Å². The van der Waals surface area contributed by atoms with E-state index in [1.807, 2.05) is 24.3 Å². The summed E-state index contributed by atoms with van der Waals surface area (Å²) in [6.07, 6.45) is 0.782. The Kier molecular flexibility index (Phi) is 5.33. The van der Waals surface area contributed by atoms with Crippen LogP contribution in [0.4, 0.5) is 8.78 Å². The van der Waals surface area contributed by atoms with Crippen molar-refractivity contribution in [2.24, 2.45) is 10.7 Å². The first kappa shape index (κ1) is 17.0. The monoisotopic (exact) mass is 347 g/mol. The van der Waals surface area contributed by atoms with E-state index in [9.17, 15) is 8.78 Å². The van der Waals surface area contributed by atoms with Crippen LogP contribution in [0.2, 0.25) is 0 Å². The van der Waals surface area contributed by atoms with E-state index in [0.29, 0.717) is 6.61 Å². The number of aliphatic imine (C=N–C) groups is 1. The van der Waals surface area contributed by atoms with Crippen molar-refractivity contribution in [1.29, 1.82) is 0 Å². The predicted molar refractivity (Wildman–Crippen MR) is 90.8 cm³/mol. The molecule has 25 heavy (non-hydrogen) atoms. The van der Waals surface area contributed by atoms with Crippen LogP contribution in [0.15, 0.2) is 47.5 Å². The molecule has 0 saturated heterocycles. The number of halogens is 2. The highest BCUT2D eigenvalue weighted by molar-refractivity contribution is 5.78.